The standard InChI is InChI=1S/C20H23N3O4/c24-19(25)16-4-3-11-23(13-16)20(26)22-12-15-6-8-18(9-7-15)27-14-17-5-1-2-10-21-17/h1-2,5-10,16H,3-4,11-14H2,(H,22,26)(H,24,25). The summed E-state index contributed by atoms with van der Waals surface area (Å²) < 4.78 is 5.69. The molecule has 1 saturated heterocycles. The number of carbonyl (C=O) groups is 2. The van der Waals surface area contributed by atoms with Crippen molar-refractivity contribution in [2.24, 2.45) is 5.92 Å². The summed E-state index contributed by atoms with van der Waals surface area (Å²) in [4.78, 5) is 29.1. The van der Waals surface area contributed by atoms with Crippen LogP contribution in [0.5, 0.6) is 5.75 Å². The zero-order valence-electron chi connectivity index (χ0n) is 15.0. The molecule has 1 aromatic heterocycles. The molecule has 3 rings (SSSR count). The number of carbonyl (C=O) groups excluding carboxylic acids is 1. The molecule has 1 atom stereocenters. The molecule has 27 heavy (non-hydrogen) atoms. The van der Waals surface area contributed by atoms with Crippen LogP contribution in [-0.4, -0.2) is 40.1 Å². The number of ether oxygens (including phenoxy) is 1. The second kappa shape index (κ2) is 9.02. The number of amides is 2. The number of urea groups is 1. The maximum Gasteiger partial charge on any atom is 0.317 e. The van der Waals surface area contributed by atoms with Crippen molar-refractivity contribution in [1.82, 2.24) is 15.2 Å². The van der Waals surface area contributed by atoms with Gasteiger partial charge in [0.05, 0.1) is 11.6 Å². The van der Waals surface area contributed by atoms with Crippen LogP contribution in [0.2, 0.25) is 0 Å². The fourth-order valence-corrected chi connectivity index (χ4v) is 3.00. The molecule has 1 aliphatic rings. The number of nitrogens with zero attached hydrogens (tertiary/aromatic N) is 2. The van der Waals surface area contributed by atoms with Crippen LogP contribution in [-0.2, 0) is 17.9 Å². The molecular formula is C20H23N3O4. The first-order chi connectivity index (χ1) is 13.1. The van der Waals surface area contributed by atoms with Gasteiger partial charge >= 0.3 is 12.0 Å². The largest absolute Gasteiger partial charge is 0.487 e. The molecule has 2 heterocycles. The molecule has 2 N–H and O–H groups in total. The second-order valence-electron chi connectivity index (χ2n) is 6.54. The maximum absolute atomic E-state index is 12.3. The van der Waals surface area contributed by atoms with Crippen molar-refractivity contribution in [2.75, 3.05) is 13.1 Å². The Bertz CT molecular complexity index is 765. The molecule has 0 saturated carbocycles. The lowest BCUT2D eigenvalue weighted by Gasteiger charge is -2.30. The average molecular weight is 369 g/mol. The molecule has 0 bridgehead atoms. The van der Waals surface area contributed by atoms with Crippen molar-refractivity contribution >= 4 is 12.0 Å². The molecule has 7 nitrogen and oxygen atoms in total. The molecule has 142 valence electrons. The maximum atomic E-state index is 12.3. The van der Waals surface area contributed by atoms with E-state index in [4.69, 9.17) is 9.84 Å². The lowest BCUT2D eigenvalue weighted by molar-refractivity contribution is -0.143. The summed E-state index contributed by atoms with van der Waals surface area (Å²) in [5.41, 5.74) is 1.80. The zero-order chi connectivity index (χ0) is 19.1. The van der Waals surface area contributed by atoms with Gasteiger partial charge in [0.2, 0.25) is 0 Å². The summed E-state index contributed by atoms with van der Waals surface area (Å²) in [6.45, 7) is 1.64. The van der Waals surface area contributed by atoms with Crippen LogP contribution < -0.4 is 10.1 Å². The van der Waals surface area contributed by atoms with Gasteiger partial charge in [-0.05, 0) is 42.7 Å². The zero-order valence-corrected chi connectivity index (χ0v) is 15.0. The molecule has 1 fully saturated rings. The Labute approximate surface area is 158 Å². The quantitative estimate of drug-likeness (QED) is 0.817. The van der Waals surface area contributed by atoms with E-state index in [0.717, 1.165) is 17.0 Å². The Kier molecular flexibility index (Phi) is 6.25. The van der Waals surface area contributed by atoms with Crippen LogP contribution in [0.1, 0.15) is 24.1 Å². The Balaban J connectivity index is 1.45. The van der Waals surface area contributed by atoms with Crippen molar-refractivity contribution in [3.05, 3.63) is 59.9 Å². The lowest BCUT2D eigenvalue weighted by Crippen LogP contribution is -2.46. The first-order valence-electron chi connectivity index (χ1n) is 8.99. The fourth-order valence-electron chi connectivity index (χ4n) is 3.00. The van der Waals surface area contributed by atoms with Gasteiger partial charge < -0.3 is 20.1 Å². The third-order valence-electron chi connectivity index (χ3n) is 4.54. The van der Waals surface area contributed by atoms with Gasteiger partial charge in [0.15, 0.2) is 0 Å². The predicted molar refractivity (Wildman–Crippen MR) is 99.2 cm³/mol. The number of carboxylic acid groups (broad SMARTS) is 1. The van der Waals surface area contributed by atoms with E-state index in [0.29, 0.717) is 32.5 Å². The number of piperidine rings is 1. The monoisotopic (exact) mass is 369 g/mol. The van der Waals surface area contributed by atoms with Crippen molar-refractivity contribution in [3.8, 4) is 5.75 Å². The minimum Gasteiger partial charge on any atom is -0.487 e. The Morgan fingerprint density at radius 1 is 1.22 bits per heavy atom. The smallest absolute Gasteiger partial charge is 0.317 e. The van der Waals surface area contributed by atoms with Gasteiger partial charge in [-0.1, -0.05) is 18.2 Å². The summed E-state index contributed by atoms with van der Waals surface area (Å²) in [6, 6.07) is 12.9. The van der Waals surface area contributed by atoms with Crippen LogP contribution >= 0.6 is 0 Å². The van der Waals surface area contributed by atoms with E-state index in [-0.39, 0.29) is 12.6 Å². The number of pyridine rings is 1. The average Bonchev–Trinajstić information content (AvgIpc) is 2.72. The summed E-state index contributed by atoms with van der Waals surface area (Å²) >= 11 is 0. The minimum absolute atomic E-state index is 0.226. The van der Waals surface area contributed by atoms with Gasteiger partial charge in [-0.15, -0.1) is 0 Å². The number of nitrogens with one attached hydrogen (secondary N) is 1. The van der Waals surface area contributed by atoms with E-state index in [9.17, 15) is 9.59 Å². The van der Waals surface area contributed by atoms with Crippen molar-refractivity contribution in [1.29, 1.82) is 0 Å². The summed E-state index contributed by atoms with van der Waals surface area (Å²) in [6.07, 6.45) is 3.07. The molecule has 1 aliphatic heterocycles. The first kappa shape index (κ1) is 18.7. The van der Waals surface area contributed by atoms with Crippen molar-refractivity contribution in [3.63, 3.8) is 0 Å². The molecule has 1 aromatic carbocycles. The number of hydrogen-bond donors (Lipinski definition) is 2. The van der Waals surface area contributed by atoms with E-state index in [2.05, 4.69) is 10.3 Å². The fraction of sp³-hybridized carbons (Fsp3) is 0.350. The number of carboxylic acids is 1. The van der Waals surface area contributed by atoms with Gasteiger partial charge in [-0.2, -0.15) is 0 Å². The van der Waals surface area contributed by atoms with Gasteiger partial charge in [-0.25, -0.2) is 4.79 Å². The first-order valence-corrected chi connectivity index (χ1v) is 8.99. The Morgan fingerprint density at radius 2 is 2.04 bits per heavy atom. The molecular weight excluding hydrogens is 346 g/mol. The predicted octanol–water partition coefficient (Wildman–Crippen LogP) is 2.67. The summed E-state index contributed by atoms with van der Waals surface area (Å²) in [5, 5.41) is 12.0. The lowest BCUT2D eigenvalue weighted by atomic mass is 9.99. The van der Waals surface area contributed by atoms with Crippen molar-refractivity contribution in [2.45, 2.75) is 26.0 Å². The van der Waals surface area contributed by atoms with Crippen LogP contribution in [0.15, 0.2) is 48.7 Å². The number of rotatable bonds is 6. The highest BCUT2D eigenvalue weighted by Gasteiger charge is 2.27. The molecule has 1 unspecified atom stereocenters. The highest BCUT2D eigenvalue weighted by Crippen LogP contribution is 2.17. The molecule has 0 aliphatic carbocycles. The Hall–Kier alpha value is -3.09. The number of aliphatic carboxylic acids is 1. The SMILES string of the molecule is O=C(O)C1CCCN(C(=O)NCc2ccc(OCc3ccccn3)cc2)C1. The molecule has 7 heteroatoms. The summed E-state index contributed by atoms with van der Waals surface area (Å²) in [7, 11) is 0. The third-order valence-corrected chi connectivity index (χ3v) is 4.54. The van der Waals surface area contributed by atoms with Gasteiger partial charge in [0.25, 0.3) is 0 Å². The van der Waals surface area contributed by atoms with E-state index in [1.54, 1.807) is 11.1 Å². The van der Waals surface area contributed by atoms with E-state index >= 15 is 0 Å². The van der Waals surface area contributed by atoms with Crippen LogP contribution in [0.3, 0.4) is 0 Å². The van der Waals surface area contributed by atoms with Crippen LogP contribution in [0.4, 0.5) is 4.79 Å². The van der Waals surface area contributed by atoms with Gasteiger partial charge in [0, 0.05) is 25.8 Å². The van der Waals surface area contributed by atoms with E-state index in [1.165, 1.54) is 0 Å². The van der Waals surface area contributed by atoms with Crippen LogP contribution in [0.25, 0.3) is 0 Å². The van der Waals surface area contributed by atoms with Crippen LogP contribution in [0, 0.1) is 5.92 Å². The number of aromatic nitrogens is 1. The van der Waals surface area contributed by atoms with E-state index < -0.39 is 11.9 Å². The van der Waals surface area contributed by atoms with Crippen molar-refractivity contribution < 1.29 is 19.4 Å². The minimum atomic E-state index is -0.839. The van der Waals surface area contributed by atoms with Gasteiger partial charge in [-0.3, -0.25) is 9.78 Å². The Morgan fingerprint density at radius 3 is 2.74 bits per heavy atom. The van der Waals surface area contributed by atoms with Gasteiger partial charge in [0.1, 0.15) is 12.4 Å². The number of likely N-dealkylation sites (tertiary alicyclic amines) is 1. The third kappa shape index (κ3) is 5.44. The number of benzene rings is 1. The molecule has 0 spiro atoms. The summed E-state index contributed by atoms with van der Waals surface area (Å²) in [5.74, 6) is -0.579. The topological polar surface area (TPSA) is 91.8 Å². The molecule has 2 amide bonds. The second-order valence-corrected chi connectivity index (χ2v) is 6.54. The van der Waals surface area contributed by atoms with E-state index in [1.807, 2.05) is 42.5 Å². The highest BCUT2D eigenvalue weighted by molar-refractivity contribution is 5.76. The normalized spacial score (nSPS) is 16.6. The highest BCUT2D eigenvalue weighted by atomic mass is 16.5. The number of hydrogen-bond acceptors (Lipinski definition) is 4. The molecule has 2 aromatic rings. The molecule has 0 radical (unpaired) electrons.